The molecule has 0 aromatic carbocycles. The molecule has 10 heteroatoms. The van der Waals surface area contributed by atoms with Crippen molar-refractivity contribution in [2.45, 2.75) is 30.5 Å². The van der Waals surface area contributed by atoms with Crippen molar-refractivity contribution >= 4 is 17.8 Å². The summed E-state index contributed by atoms with van der Waals surface area (Å²) in [5.41, 5.74) is 0. The van der Waals surface area contributed by atoms with Gasteiger partial charge in [-0.05, 0) is 0 Å². The van der Waals surface area contributed by atoms with Crippen LogP contribution in [0.25, 0.3) is 0 Å². The molecule has 0 aromatic rings. The number of ether oxygens (including phenoxy) is 1. The van der Waals surface area contributed by atoms with Crippen LogP contribution in [-0.4, -0.2) is 99.3 Å². The predicted octanol–water partition coefficient (Wildman–Crippen LogP) is -3.50. The number of nitrogens with zero attached hydrogens (tertiary/aromatic N) is 2. The fraction of sp³-hybridized carbons (Fsp3) is 0.750. The minimum absolute atomic E-state index is 0.679. The van der Waals surface area contributed by atoms with Crippen LogP contribution in [0.4, 0.5) is 4.79 Å². The molecular formula is C12H18N2O8. The first-order chi connectivity index (χ1) is 10.2. The van der Waals surface area contributed by atoms with Crippen LogP contribution in [0.5, 0.6) is 0 Å². The molecule has 10 nitrogen and oxygen atoms in total. The van der Waals surface area contributed by atoms with E-state index in [1.165, 1.54) is 14.1 Å². The number of aliphatic hydroxyl groups excluding tert-OH is 4. The lowest BCUT2D eigenvalue weighted by molar-refractivity contribution is -0.241. The van der Waals surface area contributed by atoms with E-state index in [2.05, 4.69) is 0 Å². The molecule has 0 saturated carbocycles. The Morgan fingerprint density at radius 3 is 1.91 bits per heavy atom. The van der Waals surface area contributed by atoms with Crippen molar-refractivity contribution < 1.29 is 39.5 Å². The van der Waals surface area contributed by atoms with Crippen molar-refractivity contribution in [3.8, 4) is 0 Å². The van der Waals surface area contributed by atoms with Gasteiger partial charge >= 0.3 is 6.03 Å². The largest absolute Gasteiger partial charge is 0.394 e. The molecule has 2 saturated heterocycles. The quantitative estimate of drug-likeness (QED) is 0.383. The molecule has 2 aliphatic heterocycles. The maximum absolute atomic E-state index is 12.2. The zero-order chi connectivity index (χ0) is 16.8. The van der Waals surface area contributed by atoms with Gasteiger partial charge in [0.05, 0.1) is 6.61 Å². The fourth-order valence-electron chi connectivity index (χ4n) is 2.62. The molecule has 2 rings (SSSR count). The van der Waals surface area contributed by atoms with Crippen molar-refractivity contribution in [1.82, 2.24) is 9.80 Å². The lowest BCUT2D eigenvalue weighted by atomic mass is 9.85. The standard InChI is InChI=1S/C12H18N2O8/c1-13-10(19)5(11(20)14(2)12(13)21)9-8(18)7(17)6(16)4(3-15)22-9/h4-9,15-18H,3H2,1-2H3/t4-,6-,7+,8-,9+/m1/s1. The zero-order valence-electron chi connectivity index (χ0n) is 12.0. The van der Waals surface area contributed by atoms with Crippen molar-refractivity contribution in [2.75, 3.05) is 20.7 Å². The van der Waals surface area contributed by atoms with Gasteiger partial charge in [0.2, 0.25) is 11.8 Å². The van der Waals surface area contributed by atoms with Crippen molar-refractivity contribution in [2.24, 2.45) is 5.92 Å². The van der Waals surface area contributed by atoms with Gasteiger partial charge in [-0.25, -0.2) is 4.79 Å². The first-order valence-corrected chi connectivity index (χ1v) is 6.62. The van der Waals surface area contributed by atoms with Gasteiger partial charge in [0.25, 0.3) is 0 Å². The average molecular weight is 318 g/mol. The summed E-state index contributed by atoms with van der Waals surface area (Å²) < 4.78 is 5.23. The Bertz CT molecular complexity index is 472. The second kappa shape index (κ2) is 5.89. The highest BCUT2D eigenvalue weighted by Gasteiger charge is 2.54. The lowest BCUT2D eigenvalue weighted by Gasteiger charge is -2.44. The molecule has 0 bridgehead atoms. The molecule has 0 radical (unpaired) electrons. The second-order valence-corrected chi connectivity index (χ2v) is 5.35. The van der Waals surface area contributed by atoms with Gasteiger partial charge in [-0.3, -0.25) is 19.4 Å². The summed E-state index contributed by atoms with van der Waals surface area (Å²) >= 11 is 0. The van der Waals surface area contributed by atoms with Crippen LogP contribution in [0.1, 0.15) is 0 Å². The third-order valence-corrected chi connectivity index (χ3v) is 4.02. The first kappa shape index (κ1) is 16.8. The number of hydrogen-bond donors (Lipinski definition) is 4. The first-order valence-electron chi connectivity index (χ1n) is 6.62. The molecule has 5 atom stereocenters. The molecule has 124 valence electrons. The summed E-state index contributed by atoms with van der Waals surface area (Å²) in [5, 5.41) is 38.6. The Labute approximate surface area is 125 Å². The van der Waals surface area contributed by atoms with E-state index in [1.807, 2.05) is 0 Å². The number of urea groups is 1. The normalized spacial score (nSPS) is 37.9. The monoisotopic (exact) mass is 318 g/mol. The number of aliphatic hydroxyl groups is 4. The second-order valence-electron chi connectivity index (χ2n) is 5.35. The van der Waals surface area contributed by atoms with E-state index in [9.17, 15) is 29.7 Å². The van der Waals surface area contributed by atoms with E-state index in [0.29, 0.717) is 9.80 Å². The van der Waals surface area contributed by atoms with Crippen molar-refractivity contribution in [3.05, 3.63) is 0 Å². The van der Waals surface area contributed by atoms with Gasteiger partial charge < -0.3 is 25.2 Å². The van der Waals surface area contributed by atoms with Crippen LogP contribution >= 0.6 is 0 Å². The molecule has 22 heavy (non-hydrogen) atoms. The number of imide groups is 2. The van der Waals surface area contributed by atoms with E-state index in [4.69, 9.17) is 9.84 Å². The van der Waals surface area contributed by atoms with E-state index >= 15 is 0 Å². The molecule has 4 N–H and O–H groups in total. The maximum atomic E-state index is 12.2. The van der Waals surface area contributed by atoms with Crippen molar-refractivity contribution in [1.29, 1.82) is 0 Å². The maximum Gasteiger partial charge on any atom is 0.332 e. The van der Waals surface area contributed by atoms with Gasteiger partial charge in [0.1, 0.15) is 36.4 Å². The highest BCUT2D eigenvalue weighted by atomic mass is 16.5. The smallest absolute Gasteiger partial charge is 0.332 e. The average Bonchev–Trinajstić information content (AvgIpc) is 2.51. The Balaban J connectivity index is 2.34. The Hall–Kier alpha value is -1.59. The van der Waals surface area contributed by atoms with Crippen LogP contribution in [0, 0.1) is 5.92 Å². The molecule has 4 amide bonds. The molecular weight excluding hydrogens is 300 g/mol. The Kier molecular flexibility index (Phi) is 4.49. The van der Waals surface area contributed by atoms with Crippen LogP contribution in [-0.2, 0) is 14.3 Å². The van der Waals surface area contributed by atoms with Crippen LogP contribution in [0.15, 0.2) is 0 Å². The van der Waals surface area contributed by atoms with Crippen molar-refractivity contribution in [3.63, 3.8) is 0 Å². The minimum Gasteiger partial charge on any atom is -0.394 e. The predicted molar refractivity (Wildman–Crippen MR) is 68.2 cm³/mol. The molecule has 0 aromatic heterocycles. The fourth-order valence-corrected chi connectivity index (χ4v) is 2.62. The van der Waals surface area contributed by atoms with E-state index in [1.54, 1.807) is 0 Å². The highest BCUT2D eigenvalue weighted by molar-refractivity contribution is 6.16. The van der Waals surface area contributed by atoms with E-state index < -0.39 is 60.9 Å². The summed E-state index contributed by atoms with van der Waals surface area (Å²) in [7, 11) is 2.34. The summed E-state index contributed by atoms with van der Waals surface area (Å²) in [6.07, 6.45) is -7.76. The lowest BCUT2D eigenvalue weighted by Crippen LogP contribution is -2.67. The number of carbonyl (C=O) groups is 3. The highest BCUT2D eigenvalue weighted by Crippen LogP contribution is 2.30. The van der Waals surface area contributed by atoms with Gasteiger partial charge in [0, 0.05) is 14.1 Å². The zero-order valence-corrected chi connectivity index (χ0v) is 12.0. The van der Waals surface area contributed by atoms with Gasteiger partial charge in [-0.1, -0.05) is 0 Å². The molecule has 2 fully saturated rings. The Morgan fingerprint density at radius 1 is 0.955 bits per heavy atom. The third kappa shape index (κ3) is 2.38. The van der Waals surface area contributed by atoms with Crippen LogP contribution in [0.2, 0.25) is 0 Å². The summed E-state index contributed by atoms with van der Waals surface area (Å²) in [6.45, 7) is -0.679. The number of rotatable bonds is 2. The van der Waals surface area contributed by atoms with Crippen LogP contribution < -0.4 is 0 Å². The number of amides is 4. The number of hydrogen-bond acceptors (Lipinski definition) is 8. The summed E-state index contributed by atoms with van der Waals surface area (Å²) in [6, 6.07) is -0.823. The Morgan fingerprint density at radius 2 is 1.45 bits per heavy atom. The molecule has 0 spiro atoms. The minimum atomic E-state index is -1.73. The summed E-state index contributed by atoms with van der Waals surface area (Å²) in [5.74, 6) is -3.34. The molecule has 2 heterocycles. The molecule has 2 aliphatic rings. The van der Waals surface area contributed by atoms with Gasteiger partial charge in [-0.2, -0.15) is 0 Å². The van der Waals surface area contributed by atoms with E-state index in [0.717, 1.165) is 0 Å². The van der Waals surface area contributed by atoms with Crippen LogP contribution in [0.3, 0.4) is 0 Å². The number of barbiturate groups is 1. The summed E-state index contributed by atoms with van der Waals surface area (Å²) in [4.78, 5) is 37.4. The third-order valence-electron chi connectivity index (χ3n) is 4.02. The van der Waals surface area contributed by atoms with Gasteiger partial charge in [-0.15, -0.1) is 0 Å². The number of carbonyl (C=O) groups excluding carboxylic acids is 3. The molecule has 0 unspecified atom stereocenters. The van der Waals surface area contributed by atoms with E-state index in [-0.39, 0.29) is 0 Å². The SMILES string of the molecule is CN1C(=O)C([C@@H]2O[C@H](CO)[C@@H](O)[C@H](O)[C@H]2O)C(=O)N(C)C1=O. The van der Waals surface area contributed by atoms with Gasteiger partial charge in [0.15, 0.2) is 0 Å². The molecule has 0 aliphatic carbocycles. The topological polar surface area (TPSA) is 148 Å².